The first-order valence-corrected chi connectivity index (χ1v) is 5.36. The summed E-state index contributed by atoms with van der Waals surface area (Å²) in [7, 11) is 0. The number of hydrogen-bond acceptors (Lipinski definition) is 3. The average molecular weight is 213 g/mol. The standard InChI is InChI=1S/C13H15N3/c1-10-7-8-13(16-15-10)12(9-14)11-5-3-2-4-6-11/h2-8,12H,9,14H2,1H3. The molecule has 16 heavy (non-hydrogen) atoms. The van der Waals surface area contributed by atoms with Crippen LogP contribution >= 0.6 is 0 Å². The van der Waals surface area contributed by atoms with Gasteiger partial charge < -0.3 is 5.73 Å². The minimum Gasteiger partial charge on any atom is -0.329 e. The summed E-state index contributed by atoms with van der Waals surface area (Å²) in [5.41, 5.74) is 8.84. The summed E-state index contributed by atoms with van der Waals surface area (Å²) in [4.78, 5) is 0. The van der Waals surface area contributed by atoms with E-state index in [4.69, 9.17) is 5.73 Å². The molecule has 0 aliphatic rings. The lowest BCUT2D eigenvalue weighted by Gasteiger charge is -2.13. The van der Waals surface area contributed by atoms with Gasteiger partial charge in [-0.2, -0.15) is 10.2 Å². The Bertz CT molecular complexity index is 436. The van der Waals surface area contributed by atoms with E-state index in [0.717, 1.165) is 11.4 Å². The van der Waals surface area contributed by atoms with Gasteiger partial charge in [0.15, 0.2) is 0 Å². The van der Waals surface area contributed by atoms with Crippen molar-refractivity contribution >= 4 is 0 Å². The highest BCUT2D eigenvalue weighted by molar-refractivity contribution is 5.28. The number of hydrogen-bond donors (Lipinski definition) is 1. The molecule has 1 heterocycles. The van der Waals surface area contributed by atoms with Crippen molar-refractivity contribution < 1.29 is 0 Å². The highest BCUT2D eigenvalue weighted by atomic mass is 15.1. The minimum absolute atomic E-state index is 0.134. The molecule has 2 N–H and O–H groups in total. The molecule has 2 rings (SSSR count). The molecule has 1 atom stereocenters. The maximum atomic E-state index is 5.81. The van der Waals surface area contributed by atoms with Gasteiger partial charge >= 0.3 is 0 Å². The summed E-state index contributed by atoms with van der Waals surface area (Å²) in [6, 6.07) is 14.1. The number of aryl methyl sites for hydroxylation is 1. The third kappa shape index (κ3) is 2.25. The minimum atomic E-state index is 0.134. The smallest absolute Gasteiger partial charge is 0.0718 e. The molecule has 1 unspecified atom stereocenters. The maximum absolute atomic E-state index is 5.81. The normalized spacial score (nSPS) is 12.4. The van der Waals surface area contributed by atoms with Gasteiger partial charge in [-0.3, -0.25) is 0 Å². The van der Waals surface area contributed by atoms with E-state index in [0.29, 0.717) is 6.54 Å². The molecule has 0 radical (unpaired) electrons. The van der Waals surface area contributed by atoms with Gasteiger partial charge in [-0.05, 0) is 24.6 Å². The first-order chi connectivity index (χ1) is 7.81. The lowest BCUT2D eigenvalue weighted by molar-refractivity contribution is 0.755. The average Bonchev–Trinajstić information content (AvgIpc) is 2.34. The van der Waals surface area contributed by atoms with Gasteiger partial charge in [0.1, 0.15) is 0 Å². The topological polar surface area (TPSA) is 51.8 Å². The Morgan fingerprint density at radius 1 is 1.06 bits per heavy atom. The molecular formula is C13H15N3. The lowest BCUT2D eigenvalue weighted by Crippen LogP contribution is -2.15. The van der Waals surface area contributed by atoms with Crippen LogP contribution in [0.4, 0.5) is 0 Å². The highest BCUT2D eigenvalue weighted by Crippen LogP contribution is 2.20. The molecule has 3 heteroatoms. The second kappa shape index (κ2) is 4.86. The van der Waals surface area contributed by atoms with Crippen LogP contribution in [0.5, 0.6) is 0 Å². The van der Waals surface area contributed by atoms with Crippen molar-refractivity contribution in [3.63, 3.8) is 0 Å². The van der Waals surface area contributed by atoms with Crippen LogP contribution in [0.1, 0.15) is 22.9 Å². The third-order valence-corrected chi connectivity index (χ3v) is 2.61. The largest absolute Gasteiger partial charge is 0.329 e. The predicted octanol–water partition coefficient (Wildman–Crippen LogP) is 1.88. The zero-order chi connectivity index (χ0) is 11.4. The van der Waals surface area contributed by atoms with Gasteiger partial charge in [0.05, 0.1) is 11.4 Å². The van der Waals surface area contributed by atoms with Crippen molar-refractivity contribution in [2.75, 3.05) is 6.54 Å². The van der Waals surface area contributed by atoms with Crippen LogP contribution < -0.4 is 5.73 Å². The second-order valence-electron chi connectivity index (χ2n) is 3.80. The quantitative estimate of drug-likeness (QED) is 0.846. The molecular weight excluding hydrogens is 198 g/mol. The fraction of sp³-hybridized carbons (Fsp3) is 0.231. The van der Waals surface area contributed by atoms with E-state index in [9.17, 15) is 0 Å². The zero-order valence-electron chi connectivity index (χ0n) is 9.30. The summed E-state index contributed by atoms with van der Waals surface area (Å²) in [6.07, 6.45) is 0. The lowest BCUT2D eigenvalue weighted by atomic mass is 9.96. The summed E-state index contributed by atoms with van der Waals surface area (Å²) >= 11 is 0. The number of nitrogens with two attached hydrogens (primary N) is 1. The maximum Gasteiger partial charge on any atom is 0.0718 e. The molecule has 1 aromatic heterocycles. The van der Waals surface area contributed by atoms with Crippen molar-refractivity contribution in [2.24, 2.45) is 5.73 Å². The van der Waals surface area contributed by atoms with Crippen LogP contribution in [-0.2, 0) is 0 Å². The summed E-state index contributed by atoms with van der Waals surface area (Å²) in [6.45, 7) is 2.47. The second-order valence-corrected chi connectivity index (χ2v) is 3.80. The van der Waals surface area contributed by atoms with Crippen molar-refractivity contribution in [2.45, 2.75) is 12.8 Å². The number of rotatable bonds is 3. The Kier molecular flexibility index (Phi) is 3.27. The molecule has 3 nitrogen and oxygen atoms in total. The van der Waals surface area contributed by atoms with E-state index in [1.165, 1.54) is 5.56 Å². The van der Waals surface area contributed by atoms with Crippen molar-refractivity contribution in [1.29, 1.82) is 0 Å². The Labute approximate surface area is 95.3 Å². The predicted molar refractivity (Wildman–Crippen MR) is 64.1 cm³/mol. The van der Waals surface area contributed by atoms with Crippen LogP contribution in [0, 0.1) is 6.92 Å². The van der Waals surface area contributed by atoms with Crippen molar-refractivity contribution in [1.82, 2.24) is 10.2 Å². The van der Waals surface area contributed by atoms with E-state index >= 15 is 0 Å². The fourth-order valence-electron chi connectivity index (χ4n) is 1.71. The summed E-state index contributed by atoms with van der Waals surface area (Å²) < 4.78 is 0. The Hall–Kier alpha value is -1.74. The molecule has 0 aliphatic heterocycles. The fourth-order valence-corrected chi connectivity index (χ4v) is 1.71. The van der Waals surface area contributed by atoms with Crippen LogP contribution in [-0.4, -0.2) is 16.7 Å². The molecule has 0 spiro atoms. The molecule has 0 aliphatic carbocycles. The monoisotopic (exact) mass is 213 g/mol. The third-order valence-electron chi connectivity index (χ3n) is 2.61. The zero-order valence-corrected chi connectivity index (χ0v) is 9.30. The van der Waals surface area contributed by atoms with Gasteiger partial charge in [0.25, 0.3) is 0 Å². The molecule has 82 valence electrons. The van der Waals surface area contributed by atoms with E-state index in [1.54, 1.807) is 0 Å². The molecule has 0 saturated heterocycles. The van der Waals surface area contributed by atoms with E-state index in [1.807, 2.05) is 37.3 Å². The molecule has 0 fully saturated rings. The van der Waals surface area contributed by atoms with Gasteiger partial charge in [0.2, 0.25) is 0 Å². The van der Waals surface area contributed by atoms with Crippen LogP contribution in [0.3, 0.4) is 0 Å². The Morgan fingerprint density at radius 2 is 1.81 bits per heavy atom. The van der Waals surface area contributed by atoms with Crippen LogP contribution in [0.15, 0.2) is 42.5 Å². The molecule has 0 bridgehead atoms. The van der Waals surface area contributed by atoms with E-state index < -0.39 is 0 Å². The molecule has 0 saturated carbocycles. The van der Waals surface area contributed by atoms with Gasteiger partial charge in [0, 0.05) is 12.5 Å². The number of nitrogens with zero attached hydrogens (tertiary/aromatic N) is 2. The van der Waals surface area contributed by atoms with E-state index in [-0.39, 0.29) is 5.92 Å². The Balaban J connectivity index is 2.33. The first kappa shape index (κ1) is 10.8. The van der Waals surface area contributed by atoms with Crippen LogP contribution in [0.2, 0.25) is 0 Å². The van der Waals surface area contributed by atoms with Crippen molar-refractivity contribution in [3.05, 3.63) is 59.4 Å². The van der Waals surface area contributed by atoms with Gasteiger partial charge in [-0.1, -0.05) is 30.3 Å². The van der Waals surface area contributed by atoms with Gasteiger partial charge in [-0.15, -0.1) is 0 Å². The molecule has 0 amide bonds. The van der Waals surface area contributed by atoms with Gasteiger partial charge in [-0.25, -0.2) is 0 Å². The van der Waals surface area contributed by atoms with Crippen LogP contribution in [0.25, 0.3) is 0 Å². The summed E-state index contributed by atoms with van der Waals surface area (Å²) in [5, 5.41) is 8.26. The summed E-state index contributed by atoms with van der Waals surface area (Å²) in [5.74, 6) is 0.134. The number of aromatic nitrogens is 2. The Morgan fingerprint density at radius 3 is 2.38 bits per heavy atom. The molecule has 2 aromatic rings. The SMILES string of the molecule is Cc1ccc(C(CN)c2ccccc2)nn1. The highest BCUT2D eigenvalue weighted by Gasteiger charge is 2.13. The molecule has 1 aromatic carbocycles. The van der Waals surface area contributed by atoms with Crippen molar-refractivity contribution in [3.8, 4) is 0 Å². The first-order valence-electron chi connectivity index (χ1n) is 5.36. The number of benzene rings is 1. The van der Waals surface area contributed by atoms with E-state index in [2.05, 4.69) is 22.3 Å².